The van der Waals surface area contributed by atoms with Crippen LogP contribution in [0.15, 0.2) is 90.5 Å². The van der Waals surface area contributed by atoms with Gasteiger partial charge in [-0.2, -0.15) is 0 Å². The molecule has 1 saturated heterocycles. The Morgan fingerprint density at radius 1 is 0.912 bits per heavy atom. The van der Waals surface area contributed by atoms with Crippen molar-refractivity contribution in [3.05, 3.63) is 90.5 Å². The molecule has 3 aromatic carbocycles. The van der Waals surface area contributed by atoms with Crippen LogP contribution in [0.1, 0.15) is 26.7 Å². The Bertz CT molecular complexity index is 1320. The van der Waals surface area contributed by atoms with Crippen molar-refractivity contribution in [2.45, 2.75) is 26.7 Å². The summed E-state index contributed by atoms with van der Waals surface area (Å²) in [6.07, 6.45) is 5.70. The van der Waals surface area contributed by atoms with Gasteiger partial charge in [-0.05, 0) is 55.2 Å². The second-order valence-corrected chi connectivity index (χ2v) is 8.67. The Balaban J connectivity index is 1.53. The summed E-state index contributed by atoms with van der Waals surface area (Å²) in [5, 5.41) is 2.84. The zero-order valence-electron chi connectivity index (χ0n) is 19.4. The lowest BCUT2D eigenvalue weighted by molar-refractivity contribution is -0.114. The zero-order chi connectivity index (χ0) is 23.7. The fraction of sp³-hybridized carbons (Fsp3) is 0.214. The zero-order valence-corrected chi connectivity index (χ0v) is 20.2. The van der Waals surface area contributed by atoms with Gasteiger partial charge < -0.3 is 14.5 Å². The monoisotopic (exact) mass is 469 g/mol. The molecule has 0 aromatic heterocycles. The molecule has 5 nitrogen and oxygen atoms in total. The second-order valence-electron chi connectivity index (χ2n) is 8.30. The predicted molar refractivity (Wildman–Crippen MR) is 142 cm³/mol. The van der Waals surface area contributed by atoms with E-state index in [9.17, 15) is 4.79 Å². The van der Waals surface area contributed by atoms with Gasteiger partial charge in [0.25, 0.3) is 5.91 Å². The van der Waals surface area contributed by atoms with E-state index in [4.69, 9.17) is 17.0 Å². The van der Waals surface area contributed by atoms with Crippen LogP contribution >= 0.6 is 12.2 Å². The maximum atomic E-state index is 13.5. The summed E-state index contributed by atoms with van der Waals surface area (Å²) >= 11 is 5.74. The first-order valence-corrected chi connectivity index (χ1v) is 12.1. The number of anilines is 2. The number of carbonyl (C=O) groups excluding carboxylic acids is 1. The number of nitrogens with zero attached hydrogens (tertiary/aromatic N) is 3. The molecule has 2 aliphatic rings. The van der Waals surface area contributed by atoms with Gasteiger partial charge in [0.15, 0.2) is 10.9 Å². The molecular formula is C28H27N3O2S. The molecule has 0 radical (unpaired) electrons. The molecule has 0 spiro atoms. The standard InChI is InChI=1S/C28H27N3O2S/c1-3-5-19-30-23(27(32)31(28(30)34)21-12-7-6-8-13-21)16-18-25-29(4-2)26-22-14-10-9-11-20(22)15-17-24(26)33-25/h6-18H,3-5,19H2,1-2H3. The molecule has 3 aromatic rings. The molecule has 172 valence electrons. The van der Waals surface area contributed by atoms with E-state index in [1.807, 2.05) is 65.6 Å². The van der Waals surface area contributed by atoms with E-state index in [0.29, 0.717) is 23.2 Å². The fourth-order valence-electron chi connectivity index (χ4n) is 4.50. The van der Waals surface area contributed by atoms with Gasteiger partial charge in [-0.15, -0.1) is 0 Å². The van der Waals surface area contributed by atoms with Crippen molar-refractivity contribution < 1.29 is 9.53 Å². The van der Waals surface area contributed by atoms with Gasteiger partial charge in [-0.25, -0.2) is 0 Å². The molecule has 0 bridgehead atoms. The number of fused-ring (bicyclic) bond motifs is 3. The minimum atomic E-state index is -0.117. The van der Waals surface area contributed by atoms with Crippen LogP contribution in [0.2, 0.25) is 0 Å². The van der Waals surface area contributed by atoms with Crippen LogP contribution in [0, 0.1) is 0 Å². The highest BCUT2D eigenvalue weighted by Gasteiger charge is 2.38. The van der Waals surface area contributed by atoms with Crippen LogP contribution in [0.5, 0.6) is 5.75 Å². The second kappa shape index (κ2) is 9.31. The average Bonchev–Trinajstić information content (AvgIpc) is 3.35. The molecule has 1 fully saturated rings. The van der Waals surface area contributed by atoms with E-state index in [0.717, 1.165) is 41.9 Å². The third-order valence-electron chi connectivity index (χ3n) is 6.20. The number of para-hydroxylation sites is 1. The van der Waals surface area contributed by atoms with Crippen LogP contribution in [0.3, 0.4) is 0 Å². The lowest BCUT2D eigenvalue weighted by Crippen LogP contribution is -2.33. The van der Waals surface area contributed by atoms with Crippen molar-refractivity contribution in [2.75, 3.05) is 22.9 Å². The van der Waals surface area contributed by atoms with Crippen molar-refractivity contribution >= 4 is 45.4 Å². The van der Waals surface area contributed by atoms with Gasteiger partial charge in [0.2, 0.25) is 5.88 Å². The van der Waals surface area contributed by atoms with Crippen molar-refractivity contribution in [1.29, 1.82) is 0 Å². The maximum Gasteiger partial charge on any atom is 0.281 e. The number of rotatable bonds is 6. The Morgan fingerprint density at radius 3 is 2.44 bits per heavy atom. The number of unbranched alkanes of at least 4 members (excludes halogenated alkanes) is 1. The Kier molecular flexibility index (Phi) is 6.07. The number of amides is 1. The largest absolute Gasteiger partial charge is 0.439 e. The predicted octanol–water partition coefficient (Wildman–Crippen LogP) is 6.22. The molecule has 5 rings (SSSR count). The Morgan fingerprint density at radius 2 is 1.68 bits per heavy atom. The molecule has 0 saturated carbocycles. The van der Waals surface area contributed by atoms with Gasteiger partial charge in [0.05, 0.1) is 11.4 Å². The number of hydrogen-bond donors (Lipinski definition) is 0. The highest BCUT2D eigenvalue weighted by Crippen LogP contribution is 2.44. The van der Waals surface area contributed by atoms with Crippen LogP contribution < -0.4 is 14.5 Å². The summed E-state index contributed by atoms with van der Waals surface area (Å²) in [4.78, 5) is 19.2. The maximum absolute atomic E-state index is 13.5. The van der Waals surface area contributed by atoms with E-state index in [1.54, 1.807) is 4.90 Å². The smallest absolute Gasteiger partial charge is 0.281 e. The summed E-state index contributed by atoms with van der Waals surface area (Å²) < 4.78 is 6.23. The summed E-state index contributed by atoms with van der Waals surface area (Å²) in [6, 6.07) is 22.0. The number of ether oxygens (including phenoxy) is 1. The molecule has 0 unspecified atom stereocenters. The molecule has 6 heteroatoms. The summed E-state index contributed by atoms with van der Waals surface area (Å²) in [6.45, 7) is 5.68. The number of benzene rings is 3. The summed E-state index contributed by atoms with van der Waals surface area (Å²) in [7, 11) is 0. The van der Waals surface area contributed by atoms with Crippen LogP contribution in [-0.2, 0) is 4.79 Å². The van der Waals surface area contributed by atoms with Gasteiger partial charge in [0.1, 0.15) is 5.70 Å². The topological polar surface area (TPSA) is 36.0 Å². The van der Waals surface area contributed by atoms with Gasteiger partial charge >= 0.3 is 0 Å². The third-order valence-corrected chi connectivity index (χ3v) is 6.60. The van der Waals surface area contributed by atoms with E-state index < -0.39 is 0 Å². The highest BCUT2D eigenvalue weighted by atomic mass is 32.1. The first-order chi connectivity index (χ1) is 16.6. The molecule has 34 heavy (non-hydrogen) atoms. The van der Waals surface area contributed by atoms with Crippen molar-refractivity contribution in [3.8, 4) is 5.75 Å². The van der Waals surface area contributed by atoms with Crippen LogP contribution in [-0.4, -0.2) is 29.0 Å². The van der Waals surface area contributed by atoms with Gasteiger partial charge in [-0.1, -0.05) is 61.9 Å². The first kappa shape index (κ1) is 22.2. The van der Waals surface area contributed by atoms with Crippen molar-refractivity contribution in [1.82, 2.24) is 4.90 Å². The Labute approximate surface area is 205 Å². The van der Waals surface area contributed by atoms with Crippen molar-refractivity contribution in [2.24, 2.45) is 0 Å². The minimum Gasteiger partial charge on any atom is -0.439 e. The third kappa shape index (κ3) is 3.74. The van der Waals surface area contributed by atoms with Crippen LogP contribution in [0.4, 0.5) is 11.4 Å². The first-order valence-electron chi connectivity index (χ1n) is 11.7. The number of allylic oxidation sites excluding steroid dienone is 2. The van der Waals surface area contributed by atoms with Crippen LogP contribution in [0.25, 0.3) is 10.8 Å². The van der Waals surface area contributed by atoms with E-state index in [2.05, 4.69) is 36.9 Å². The lowest BCUT2D eigenvalue weighted by atomic mass is 10.1. The number of carbonyl (C=O) groups is 1. The lowest BCUT2D eigenvalue weighted by Gasteiger charge is -2.20. The molecule has 0 aliphatic carbocycles. The number of thiocarbonyl (C=S) groups is 1. The average molecular weight is 470 g/mol. The minimum absolute atomic E-state index is 0.117. The molecule has 0 atom stereocenters. The molecule has 2 aliphatic heterocycles. The fourth-order valence-corrected chi connectivity index (χ4v) is 4.88. The number of hydrogen-bond acceptors (Lipinski definition) is 4. The Hall–Kier alpha value is -3.64. The van der Waals surface area contributed by atoms with E-state index in [1.165, 1.54) is 5.39 Å². The quantitative estimate of drug-likeness (QED) is 0.316. The molecular weight excluding hydrogens is 442 g/mol. The summed E-state index contributed by atoms with van der Waals surface area (Å²) in [5.41, 5.74) is 2.41. The normalized spacial score (nSPS) is 17.9. The molecule has 2 heterocycles. The van der Waals surface area contributed by atoms with Crippen molar-refractivity contribution in [3.63, 3.8) is 0 Å². The van der Waals surface area contributed by atoms with E-state index in [-0.39, 0.29) is 5.91 Å². The van der Waals surface area contributed by atoms with Gasteiger partial charge in [0, 0.05) is 24.6 Å². The summed E-state index contributed by atoms with van der Waals surface area (Å²) in [5.74, 6) is 1.41. The van der Waals surface area contributed by atoms with E-state index >= 15 is 0 Å². The highest BCUT2D eigenvalue weighted by molar-refractivity contribution is 7.80. The molecule has 1 amide bonds. The molecule has 0 N–H and O–H groups in total. The SMILES string of the molecule is CCCCN1C(=S)N(c2ccccc2)C(=O)C1=CC=C1Oc2ccc3ccccc3c2N1CC. The van der Waals surface area contributed by atoms with Gasteiger partial charge in [-0.3, -0.25) is 9.69 Å².